The molecule has 1 aromatic rings. The summed E-state index contributed by atoms with van der Waals surface area (Å²) in [5.41, 5.74) is 0. The summed E-state index contributed by atoms with van der Waals surface area (Å²) in [5, 5.41) is 0.596. The van der Waals surface area contributed by atoms with Gasteiger partial charge in [-0.3, -0.25) is 0 Å². The highest BCUT2D eigenvalue weighted by Gasteiger charge is 2.03. The van der Waals surface area contributed by atoms with E-state index in [2.05, 4.69) is 9.97 Å². The van der Waals surface area contributed by atoms with E-state index in [0.29, 0.717) is 17.0 Å². The first-order chi connectivity index (χ1) is 6.22. The lowest BCUT2D eigenvalue weighted by Crippen LogP contribution is -2.00. The molecular weight excluding hydrogens is 211 g/mol. The molecule has 0 spiro atoms. The third kappa shape index (κ3) is 3.91. The van der Waals surface area contributed by atoms with E-state index in [4.69, 9.17) is 11.6 Å². The minimum Gasteiger partial charge on any atom is -0.228 e. The van der Waals surface area contributed by atoms with Crippen LogP contribution in [0.3, 0.4) is 0 Å². The standard InChI is InChI=1S/C8H10ClFN2S/c1-6(2-9)5-13-8-11-3-7(10)4-12-8/h3-4,6H,2,5H2,1H3. The maximum Gasteiger partial charge on any atom is 0.187 e. The summed E-state index contributed by atoms with van der Waals surface area (Å²) in [5.74, 6) is 1.48. The molecule has 5 heteroatoms. The lowest BCUT2D eigenvalue weighted by atomic mass is 10.3. The molecule has 1 aromatic heterocycles. The van der Waals surface area contributed by atoms with Crippen LogP contribution in [0.1, 0.15) is 6.92 Å². The molecule has 0 saturated heterocycles. The maximum absolute atomic E-state index is 12.4. The largest absolute Gasteiger partial charge is 0.228 e. The van der Waals surface area contributed by atoms with Crippen molar-refractivity contribution in [2.45, 2.75) is 12.1 Å². The molecule has 0 amide bonds. The molecule has 0 aromatic carbocycles. The third-order valence-corrected chi connectivity index (χ3v) is 3.09. The Kier molecular flexibility index (Phi) is 4.45. The molecule has 72 valence electrons. The fourth-order valence-corrected chi connectivity index (χ4v) is 1.68. The summed E-state index contributed by atoms with van der Waals surface area (Å²) in [4.78, 5) is 7.64. The summed E-state index contributed by atoms with van der Waals surface area (Å²) < 4.78 is 12.4. The third-order valence-electron chi connectivity index (χ3n) is 1.36. The van der Waals surface area contributed by atoms with Crippen molar-refractivity contribution >= 4 is 23.4 Å². The molecule has 0 N–H and O–H groups in total. The molecule has 1 unspecified atom stereocenters. The lowest BCUT2D eigenvalue weighted by Gasteiger charge is -2.04. The van der Waals surface area contributed by atoms with E-state index in [-0.39, 0.29) is 0 Å². The van der Waals surface area contributed by atoms with Gasteiger partial charge in [-0.2, -0.15) is 0 Å². The van der Waals surface area contributed by atoms with Gasteiger partial charge in [0.05, 0.1) is 12.4 Å². The van der Waals surface area contributed by atoms with Gasteiger partial charge in [0.2, 0.25) is 0 Å². The zero-order valence-electron chi connectivity index (χ0n) is 7.20. The molecule has 0 aliphatic carbocycles. The van der Waals surface area contributed by atoms with Crippen molar-refractivity contribution in [3.63, 3.8) is 0 Å². The molecular formula is C8H10ClFN2S. The second kappa shape index (κ2) is 5.40. The molecule has 1 rings (SSSR count). The normalized spacial score (nSPS) is 12.8. The van der Waals surface area contributed by atoms with Gasteiger partial charge in [0.1, 0.15) is 0 Å². The van der Waals surface area contributed by atoms with E-state index in [1.807, 2.05) is 6.92 Å². The van der Waals surface area contributed by atoms with Crippen molar-refractivity contribution in [2.75, 3.05) is 11.6 Å². The highest BCUT2D eigenvalue weighted by Crippen LogP contribution is 2.16. The Morgan fingerprint density at radius 2 is 2.15 bits per heavy atom. The van der Waals surface area contributed by atoms with E-state index in [0.717, 1.165) is 5.75 Å². The first kappa shape index (κ1) is 10.7. The van der Waals surface area contributed by atoms with Crippen molar-refractivity contribution in [2.24, 2.45) is 5.92 Å². The fourth-order valence-electron chi connectivity index (χ4n) is 0.636. The van der Waals surface area contributed by atoms with Crippen LogP contribution < -0.4 is 0 Å². The van der Waals surface area contributed by atoms with Crippen LogP contribution in [0, 0.1) is 11.7 Å². The van der Waals surface area contributed by atoms with E-state index < -0.39 is 5.82 Å². The van der Waals surface area contributed by atoms with Crippen LogP contribution in [-0.4, -0.2) is 21.6 Å². The van der Waals surface area contributed by atoms with E-state index in [1.54, 1.807) is 0 Å². The second-order valence-corrected chi connectivity index (χ2v) is 4.05. The Morgan fingerprint density at radius 3 is 2.69 bits per heavy atom. The Morgan fingerprint density at radius 1 is 1.54 bits per heavy atom. The van der Waals surface area contributed by atoms with Gasteiger partial charge in [-0.25, -0.2) is 14.4 Å². The number of nitrogens with zero attached hydrogens (tertiary/aromatic N) is 2. The van der Waals surface area contributed by atoms with Gasteiger partial charge in [0, 0.05) is 11.6 Å². The van der Waals surface area contributed by atoms with Crippen molar-refractivity contribution < 1.29 is 4.39 Å². The number of hydrogen-bond acceptors (Lipinski definition) is 3. The van der Waals surface area contributed by atoms with Crippen molar-refractivity contribution in [1.29, 1.82) is 0 Å². The van der Waals surface area contributed by atoms with Crippen LogP contribution in [0.15, 0.2) is 17.6 Å². The van der Waals surface area contributed by atoms with Gasteiger partial charge in [-0.05, 0) is 5.92 Å². The van der Waals surface area contributed by atoms with Gasteiger partial charge in [0.15, 0.2) is 11.0 Å². The Balaban J connectivity index is 2.41. The second-order valence-electron chi connectivity index (χ2n) is 2.75. The van der Waals surface area contributed by atoms with Crippen LogP contribution in [0.25, 0.3) is 0 Å². The van der Waals surface area contributed by atoms with Crippen LogP contribution in [0.2, 0.25) is 0 Å². The number of rotatable bonds is 4. The zero-order valence-corrected chi connectivity index (χ0v) is 8.78. The molecule has 0 fully saturated rings. The van der Waals surface area contributed by atoms with Gasteiger partial charge in [0.25, 0.3) is 0 Å². The van der Waals surface area contributed by atoms with Crippen LogP contribution in [-0.2, 0) is 0 Å². The monoisotopic (exact) mass is 220 g/mol. The molecule has 0 saturated carbocycles. The number of thioether (sulfide) groups is 1. The van der Waals surface area contributed by atoms with E-state index >= 15 is 0 Å². The quantitative estimate of drug-likeness (QED) is 0.443. The summed E-state index contributed by atoms with van der Waals surface area (Å²) in [6.07, 6.45) is 2.33. The first-order valence-electron chi connectivity index (χ1n) is 3.88. The molecule has 1 atom stereocenters. The predicted molar refractivity (Wildman–Crippen MR) is 52.6 cm³/mol. The molecule has 0 aliphatic rings. The van der Waals surface area contributed by atoms with Crippen LogP contribution >= 0.6 is 23.4 Å². The molecule has 2 nitrogen and oxygen atoms in total. The van der Waals surface area contributed by atoms with E-state index in [1.165, 1.54) is 24.2 Å². The zero-order chi connectivity index (χ0) is 9.68. The van der Waals surface area contributed by atoms with Gasteiger partial charge in [-0.15, -0.1) is 11.6 Å². The molecule has 0 bridgehead atoms. The number of aromatic nitrogens is 2. The summed E-state index contributed by atoms with van der Waals surface area (Å²) in [7, 11) is 0. The number of hydrogen-bond donors (Lipinski definition) is 0. The minimum absolute atomic E-state index is 0.408. The summed E-state index contributed by atoms with van der Waals surface area (Å²) in [6.45, 7) is 2.05. The lowest BCUT2D eigenvalue weighted by molar-refractivity contribution is 0.605. The Labute approximate surface area is 85.9 Å². The molecule has 13 heavy (non-hydrogen) atoms. The van der Waals surface area contributed by atoms with Gasteiger partial charge >= 0.3 is 0 Å². The van der Waals surface area contributed by atoms with Crippen molar-refractivity contribution in [1.82, 2.24) is 9.97 Å². The highest BCUT2D eigenvalue weighted by molar-refractivity contribution is 7.99. The highest BCUT2D eigenvalue weighted by atomic mass is 35.5. The molecule has 0 radical (unpaired) electrons. The average molecular weight is 221 g/mol. The van der Waals surface area contributed by atoms with Gasteiger partial charge in [-0.1, -0.05) is 18.7 Å². The Hall–Kier alpha value is -0.350. The summed E-state index contributed by atoms with van der Waals surface area (Å²) in [6, 6.07) is 0. The van der Waals surface area contributed by atoms with Crippen molar-refractivity contribution in [3.8, 4) is 0 Å². The number of alkyl halides is 1. The molecule has 0 aliphatic heterocycles. The van der Waals surface area contributed by atoms with E-state index in [9.17, 15) is 4.39 Å². The topological polar surface area (TPSA) is 25.8 Å². The molecule has 1 heterocycles. The van der Waals surface area contributed by atoms with Gasteiger partial charge < -0.3 is 0 Å². The SMILES string of the molecule is CC(CCl)CSc1ncc(F)cn1. The van der Waals surface area contributed by atoms with Crippen LogP contribution in [0.4, 0.5) is 4.39 Å². The first-order valence-corrected chi connectivity index (χ1v) is 5.40. The number of halogens is 2. The van der Waals surface area contributed by atoms with Crippen molar-refractivity contribution in [3.05, 3.63) is 18.2 Å². The Bertz CT molecular complexity index is 255. The minimum atomic E-state index is -0.408. The predicted octanol–water partition coefficient (Wildman–Crippen LogP) is 2.58. The summed E-state index contributed by atoms with van der Waals surface area (Å²) >= 11 is 7.12. The smallest absolute Gasteiger partial charge is 0.187 e. The fraction of sp³-hybridized carbons (Fsp3) is 0.500. The van der Waals surface area contributed by atoms with Crippen LogP contribution in [0.5, 0.6) is 0 Å². The maximum atomic E-state index is 12.4. The average Bonchev–Trinajstić information content (AvgIpc) is 2.16.